The third kappa shape index (κ3) is 7.24. The van der Waals surface area contributed by atoms with Gasteiger partial charge in [0.15, 0.2) is 6.61 Å². The molecule has 2 aromatic carbocycles. The Morgan fingerprint density at radius 1 is 0.967 bits per heavy atom. The number of hydrogen-bond donors (Lipinski definition) is 2. The Morgan fingerprint density at radius 2 is 1.70 bits per heavy atom. The normalized spacial score (nSPS) is 10.3. The molecule has 7 nitrogen and oxygen atoms in total. The SMILES string of the molecule is COc1ccc(Cl)cc1NC(=O)CCCC(=O)OCC(=O)Nc1cccc(Cl)c1C. The van der Waals surface area contributed by atoms with Crippen LogP contribution in [0.15, 0.2) is 36.4 Å². The van der Waals surface area contributed by atoms with Crippen molar-refractivity contribution in [3.8, 4) is 5.75 Å². The van der Waals surface area contributed by atoms with E-state index in [9.17, 15) is 14.4 Å². The van der Waals surface area contributed by atoms with Gasteiger partial charge in [-0.1, -0.05) is 29.3 Å². The lowest BCUT2D eigenvalue weighted by Crippen LogP contribution is -2.21. The van der Waals surface area contributed by atoms with Crippen LogP contribution in [-0.2, 0) is 19.1 Å². The van der Waals surface area contributed by atoms with Gasteiger partial charge >= 0.3 is 5.97 Å². The highest BCUT2D eigenvalue weighted by Crippen LogP contribution is 2.28. The summed E-state index contributed by atoms with van der Waals surface area (Å²) >= 11 is 11.9. The molecule has 30 heavy (non-hydrogen) atoms. The zero-order valence-corrected chi connectivity index (χ0v) is 18.1. The molecule has 2 amide bonds. The van der Waals surface area contributed by atoms with Gasteiger partial charge < -0.3 is 20.1 Å². The number of anilines is 2. The summed E-state index contributed by atoms with van der Waals surface area (Å²) in [5, 5.41) is 6.31. The maximum absolute atomic E-state index is 12.1. The molecule has 2 N–H and O–H groups in total. The summed E-state index contributed by atoms with van der Waals surface area (Å²) in [6, 6.07) is 9.99. The van der Waals surface area contributed by atoms with E-state index in [1.165, 1.54) is 7.11 Å². The van der Waals surface area contributed by atoms with Crippen LogP contribution in [0.1, 0.15) is 24.8 Å². The smallest absolute Gasteiger partial charge is 0.306 e. The Hall–Kier alpha value is -2.77. The molecule has 2 rings (SSSR count). The highest BCUT2D eigenvalue weighted by atomic mass is 35.5. The third-order valence-electron chi connectivity index (χ3n) is 4.13. The molecule has 0 fully saturated rings. The van der Waals surface area contributed by atoms with Gasteiger partial charge in [-0.25, -0.2) is 0 Å². The number of carbonyl (C=O) groups is 3. The first kappa shape index (κ1) is 23.5. The molecule has 0 radical (unpaired) electrons. The van der Waals surface area contributed by atoms with Crippen molar-refractivity contribution < 1.29 is 23.9 Å². The summed E-state index contributed by atoms with van der Waals surface area (Å²) < 4.78 is 10.1. The Labute approximate surface area is 184 Å². The molecule has 0 saturated carbocycles. The first-order chi connectivity index (χ1) is 14.3. The van der Waals surface area contributed by atoms with Gasteiger partial charge in [0.2, 0.25) is 5.91 Å². The van der Waals surface area contributed by atoms with Gasteiger partial charge in [0.25, 0.3) is 5.91 Å². The van der Waals surface area contributed by atoms with E-state index in [0.29, 0.717) is 27.2 Å². The average Bonchev–Trinajstić information content (AvgIpc) is 2.70. The number of rotatable bonds is 9. The second-order valence-electron chi connectivity index (χ2n) is 6.37. The van der Waals surface area contributed by atoms with E-state index in [4.69, 9.17) is 32.7 Å². The minimum atomic E-state index is -0.568. The summed E-state index contributed by atoms with van der Waals surface area (Å²) in [4.78, 5) is 35.8. The van der Waals surface area contributed by atoms with Gasteiger partial charge in [0, 0.05) is 28.6 Å². The van der Waals surface area contributed by atoms with Crippen molar-refractivity contribution in [2.75, 3.05) is 24.4 Å². The summed E-state index contributed by atoms with van der Waals surface area (Å²) in [6.45, 7) is 1.35. The maximum atomic E-state index is 12.1. The predicted octanol–water partition coefficient (Wildman–Crippen LogP) is 4.60. The molecular weight excluding hydrogens is 431 g/mol. The molecule has 0 atom stereocenters. The predicted molar refractivity (Wildman–Crippen MR) is 116 cm³/mol. The van der Waals surface area contributed by atoms with Gasteiger partial charge in [-0.05, 0) is 49.2 Å². The molecular formula is C21H22Cl2N2O5. The molecule has 0 aliphatic carbocycles. The number of amides is 2. The van der Waals surface area contributed by atoms with Crippen LogP contribution in [0.3, 0.4) is 0 Å². The fourth-order valence-electron chi connectivity index (χ4n) is 2.53. The second-order valence-corrected chi connectivity index (χ2v) is 7.21. The Balaban J connectivity index is 1.71. The second kappa shape index (κ2) is 11.4. The first-order valence-electron chi connectivity index (χ1n) is 9.14. The Morgan fingerprint density at radius 3 is 2.43 bits per heavy atom. The number of benzene rings is 2. The number of carbonyl (C=O) groups excluding carboxylic acids is 3. The number of esters is 1. The first-order valence-corrected chi connectivity index (χ1v) is 9.89. The number of halogens is 2. The van der Waals surface area contributed by atoms with Crippen molar-refractivity contribution in [2.24, 2.45) is 0 Å². The summed E-state index contributed by atoms with van der Waals surface area (Å²) in [5.41, 5.74) is 1.73. The lowest BCUT2D eigenvalue weighted by molar-refractivity contribution is -0.147. The van der Waals surface area contributed by atoms with Crippen LogP contribution in [0.2, 0.25) is 10.0 Å². The highest BCUT2D eigenvalue weighted by molar-refractivity contribution is 6.32. The van der Waals surface area contributed by atoms with E-state index >= 15 is 0 Å². The molecule has 0 saturated heterocycles. The standard InChI is InChI=1S/C21H22Cl2N2O5/c1-13-15(23)5-3-6-16(13)24-20(27)12-30-21(28)8-4-7-19(26)25-17-11-14(22)9-10-18(17)29-2/h3,5-6,9-11H,4,7-8,12H2,1-2H3,(H,24,27)(H,25,26). The van der Waals surface area contributed by atoms with Crippen molar-refractivity contribution in [1.29, 1.82) is 0 Å². The van der Waals surface area contributed by atoms with E-state index in [1.54, 1.807) is 43.3 Å². The summed E-state index contributed by atoms with van der Waals surface area (Å²) in [7, 11) is 1.48. The summed E-state index contributed by atoms with van der Waals surface area (Å²) in [5.74, 6) is -0.855. The topological polar surface area (TPSA) is 93.7 Å². The van der Waals surface area contributed by atoms with Crippen molar-refractivity contribution in [1.82, 2.24) is 0 Å². The number of methoxy groups -OCH3 is 1. The molecule has 0 aliphatic heterocycles. The minimum Gasteiger partial charge on any atom is -0.495 e. The molecule has 0 aromatic heterocycles. The van der Waals surface area contributed by atoms with E-state index < -0.39 is 18.5 Å². The molecule has 0 unspecified atom stereocenters. The maximum Gasteiger partial charge on any atom is 0.306 e. The van der Waals surface area contributed by atoms with Gasteiger partial charge in [-0.2, -0.15) is 0 Å². The zero-order chi connectivity index (χ0) is 22.1. The van der Waals surface area contributed by atoms with E-state index in [0.717, 1.165) is 5.56 Å². The largest absolute Gasteiger partial charge is 0.495 e. The molecule has 0 spiro atoms. The van der Waals surface area contributed by atoms with Gasteiger partial charge in [0.1, 0.15) is 5.75 Å². The van der Waals surface area contributed by atoms with Crippen LogP contribution in [0, 0.1) is 6.92 Å². The average molecular weight is 453 g/mol. The van der Waals surface area contributed by atoms with Crippen LogP contribution in [0.5, 0.6) is 5.75 Å². The lowest BCUT2D eigenvalue weighted by Gasteiger charge is -2.11. The summed E-state index contributed by atoms with van der Waals surface area (Å²) in [6.07, 6.45) is 0.366. The van der Waals surface area contributed by atoms with Gasteiger partial charge in [0.05, 0.1) is 12.8 Å². The van der Waals surface area contributed by atoms with E-state index in [-0.39, 0.29) is 25.2 Å². The quantitative estimate of drug-likeness (QED) is 0.542. The third-order valence-corrected chi connectivity index (χ3v) is 4.77. The fraction of sp³-hybridized carbons (Fsp3) is 0.286. The highest BCUT2D eigenvalue weighted by Gasteiger charge is 2.12. The van der Waals surface area contributed by atoms with Crippen LogP contribution in [0.25, 0.3) is 0 Å². The van der Waals surface area contributed by atoms with Crippen LogP contribution >= 0.6 is 23.2 Å². The van der Waals surface area contributed by atoms with Crippen LogP contribution < -0.4 is 15.4 Å². The molecule has 9 heteroatoms. The molecule has 160 valence electrons. The van der Waals surface area contributed by atoms with Crippen molar-refractivity contribution >= 4 is 52.4 Å². The van der Waals surface area contributed by atoms with E-state index in [1.807, 2.05) is 0 Å². The minimum absolute atomic E-state index is 0.00355. The molecule has 0 bridgehead atoms. The number of ether oxygens (including phenoxy) is 2. The van der Waals surface area contributed by atoms with Crippen LogP contribution in [0.4, 0.5) is 11.4 Å². The van der Waals surface area contributed by atoms with Crippen molar-refractivity contribution in [3.63, 3.8) is 0 Å². The lowest BCUT2D eigenvalue weighted by atomic mass is 10.2. The molecule has 2 aromatic rings. The van der Waals surface area contributed by atoms with Crippen molar-refractivity contribution in [2.45, 2.75) is 26.2 Å². The number of nitrogens with one attached hydrogen (secondary N) is 2. The fourth-order valence-corrected chi connectivity index (χ4v) is 2.88. The Kier molecular flexibility index (Phi) is 8.95. The Bertz CT molecular complexity index is 934. The van der Waals surface area contributed by atoms with Crippen molar-refractivity contribution in [3.05, 3.63) is 52.0 Å². The van der Waals surface area contributed by atoms with E-state index in [2.05, 4.69) is 10.6 Å². The zero-order valence-electron chi connectivity index (χ0n) is 16.6. The molecule has 0 heterocycles. The monoisotopic (exact) mass is 452 g/mol. The van der Waals surface area contributed by atoms with Gasteiger partial charge in [-0.3, -0.25) is 14.4 Å². The molecule has 0 aliphatic rings. The van der Waals surface area contributed by atoms with Crippen LogP contribution in [-0.4, -0.2) is 31.5 Å². The number of hydrogen-bond acceptors (Lipinski definition) is 5. The van der Waals surface area contributed by atoms with Gasteiger partial charge in [-0.15, -0.1) is 0 Å².